The lowest BCUT2D eigenvalue weighted by molar-refractivity contribution is -0.147. The van der Waals surface area contributed by atoms with Gasteiger partial charge in [0.25, 0.3) is 0 Å². The topological polar surface area (TPSA) is 55.4 Å². The SMILES string of the molecule is CCOC(=O)C(NS(=O)CC)C(C)(C)C. The third-order valence-electron chi connectivity index (χ3n) is 1.90. The molecule has 2 atom stereocenters. The van der Waals surface area contributed by atoms with Crippen LogP contribution in [0.5, 0.6) is 0 Å². The zero-order valence-corrected chi connectivity index (χ0v) is 10.9. The lowest BCUT2D eigenvalue weighted by atomic mass is 9.87. The summed E-state index contributed by atoms with van der Waals surface area (Å²) in [5.74, 6) is 0.137. The van der Waals surface area contributed by atoms with Gasteiger partial charge in [-0.1, -0.05) is 27.7 Å². The van der Waals surface area contributed by atoms with Gasteiger partial charge in [0.05, 0.1) is 17.6 Å². The zero-order chi connectivity index (χ0) is 12.1. The molecular formula is C10H21NO3S. The van der Waals surface area contributed by atoms with Crippen molar-refractivity contribution in [2.24, 2.45) is 5.41 Å². The third kappa shape index (κ3) is 5.28. The van der Waals surface area contributed by atoms with Crippen LogP contribution >= 0.6 is 0 Å². The molecule has 4 nitrogen and oxygen atoms in total. The summed E-state index contributed by atoms with van der Waals surface area (Å²) in [5, 5.41) is 0. The number of hydrogen-bond acceptors (Lipinski definition) is 3. The molecule has 1 N–H and O–H groups in total. The Morgan fingerprint density at radius 3 is 2.27 bits per heavy atom. The van der Waals surface area contributed by atoms with Gasteiger partial charge < -0.3 is 4.74 Å². The highest BCUT2D eigenvalue weighted by Crippen LogP contribution is 2.20. The van der Waals surface area contributed by atoms with E-state index >= 15 is 0 Å². The summed E-state index contributed by atoms with van der Waals surface area (Å²) < 4.78 is 19.1. The summed E-state index contributed by atoms with van der Waals surface area (Å²) in [5.41, 5.74) is -0.308. The van der Waals surface area contributed by atoms with Crippen LogP contribution < -0.4 is 4.72 Å². The van der Waals surface area contributed by atoms with Gasteiger partial charge in [0.2, 0.25) is 0 Å². The summed E-state index contributed by atoms with van der Waals surface area (Å²) >= 11 is 0. The minimum atomic E-state index is -1.18. The van der Waals surface area contributed by atoms with Gasteiger partial charge in [0.15, 0.2) is 0 Å². The largest absolute Gasteiger partial charge is 0.465 e. The Hall–Kier alpha value is -0.420. The third-order valence-corrected chi connectivity index (χ3v) is 2.92. The number of ether oxygens (including phenoxy) is 1. The molecule has 5 heteroatoms. The molecule has 0 heterocycles. The Labute approximate surface area is 94.4 Å². The highest BCUT2D eigenvalue weighted by atomic mass is 32.2. The molecule has 0 amide bonds. The smallest absolute Gasteiger partial charge is 0.324 e. The summed E-state index contributed by atoms with van der Waals surface area (Å²) in [7, 11) is -1.18. The van der Waals surface area contributed by atoms with E-state index in [2.05, 4.69) is 4.72 Å². The average Bonchev–Trinajstić information content (AvgIpc) is 2.12. The Balaban J connectivity index is 4.59. The average molecular weight is 235 g/mol. The fraction of sp³-hybridized carbons (Fsp3) is 0.900. The van der Waals surface area contributed by atoms with Gasteiger partial charge in [-0.3, -0.25) is 4.79 Å². The monoisotopic (exact) mass is 235 g/mol. The fourth-order valence-corrected chi connectivity index (χ4v) is 1.90. The maximum atomic E-state index is 11.6. The molecule has 0 aromatic carbocycles. The lowest BCUT2D eigenvalue weighted by Crippen LogP contribution is -2.48. The molecule has 0 aliphatic rings. The van der Waals surface area contributed by atoms with E-state index in [4.69, 9.17) is 4.74 Å². The summed E-state index contributed by atoms with van der Waals surface area (Å²) in [6.07, 6.45) is 0. The highest BCUT2D eigenvalue weighted by molar-refractivity contribution is 7.83. The van der Waals surface area contributed by atoms with Crippen LogP contribution in [0.4, 0.5) is 0 Å². The standard InChI is InChI=1S/C10H21NO3S/c1-6-14-9(12)8(10(3,4)5)11-15(13)7-2/h8,11H,6-7H2,1-5H3. The van der Waals surface area contributed by atoms with E-state index in [1.807, 2.05) is 20.8 Å². The first-order valence-electron chi connectivity index (χ1n) is 5.14. The van der Waals surface area contributed by atoms with Crippen LogP contribution in [0.15, 0.2) is 0 Å². The number of nitrogens with one attached hydrogen (secondary N) is 1. The summed E-state index contributed by atoms with van der Waals surface area (Å²) in [4.78, 5) is 11.6. The molecule has 0 aliphatic carbocycles. The molecule has 2 unspecified atom stereocenters. The second-order valence-corrected chi connectivity index (χ2v) is 5.81. The fourth-order valence-electron chi connectivity index (χ4n) is 1.02. The highest BCUT2D eigenvalue weighted by Gasteiger charge is 2.33. The van der Waals surface area contributed by atoms with Crippen molar-refractivity contribution < 1.29 is 13.7 Å². The first kappa shape index (κ1) is 14.6. The maximum Gasteiger partial charge on any atom is 0.324 e. The van der Waals surface area contributed by atoms with Gasteiger partial charge in [-0.2, -0.15) is 0 Å². The number of esters is 1. The molecule has 0 aromatic heterocycles. The van der Waals surface area contributed by atoms with Crippen molar-refractivity contribution in [3.8, 4) is 0 Å². The molecule has 0 aliphatic heterocycles. The molecule has 0 radical (unpaired) electrons. The first-order chi connectivity index (χ1) is 6.82. The molecule has 0 rings (SSSR count). The molecule has 0 spiro atoms. The minimum Gasteiger partial charge on any atom is -0.465 e. The van der Waals surface area contributed by atoms with Gasteiger partial charge in [0.1, 0.15) is 6.04 Å². The summed E-state index contributed by atoms with van der Waals surface area (Å²) in [6, 6.07) is -0.529. The zero-order valence-electron chi connectivity index (χ0n) is 10.1. The Kier molecular flexibility index (Phi) is 6.05. The Morgan fingerprint density at radius 1 is 1.40 bits per heavy atom. The molecule has 0 bridgehead atoms. The molecule has 90 valence electrons. The van der Waals surface area contributed by atoms with Crippen molar-refractivity contribution in [1.82, 2.24) is 4.72 Å². The predicted molar refractivity (Wildman–Crippen MR) is 61.7 cm³/mol. The van der Waals surface area contributed by atoms with Crippen molar-refractivity contribution in [3.63, 3.8) is 0 Å². The summed E-state index contributed by atoms with van der Waals surface area (Å²) in [6.45, 7) is 9.63. The number of hydrogen-bond donors (Lipinski definition) is 1. The van der Waals surface area contributed by atoms with E-state index in [0.717, 1.165) is 0 Å². The normalized spacial score (nSPS) is 15.8. The van der Waals surface area contributed by atoms with Crippen LogP contribution in [-0.2, 0) is 20.5 Å². The second kappa shape index (κ2) is 6.23. The minimum absolute atomic E-state index is 0.308. The van der Waals surface area contributed by atoms with Crippen molar-refractivity contribution in [2.75, 3.05) is 12.4 Å². The van der Waals surface area contributed by atoms with Crippen molar-refractivity contribution in [3.05, 3.63) is 0 Å². The van der Waals surface area contributed by atoms with E-state index in [1.54, 1.807) is 13.8 Å². The van der Waals surface area contributed by atoms with Crippen molar-refractivity contribution in [2.45, 2.75) is 40.7 Å². The Morgan fingerprint density at radius 2 is 1.93 bits per heavy atom. The first-order valence-corrected chi connectivity index (χ1v) is 6.46. The van der Waals surface area contributed by atoms with Gasteiger partial charge in [-0.15, -0.1) is 0 Å². The van der Waals surface area contributed by atoms with Crippen molar-refractivity contribution >= 4 is 17.0 Å². The van der Waals surface area contributed by atoms with Crippen LogP contribution in [0.1, 0.15) is 34.6 Å². The van der Waals surface area contributed by atoms with E-state index in [-0.39, 0.29) is 11.4 Å². The molecule has 0 aromatic rings. The predicted octanol–water partition coefficient (Wildman–Crippen LogP) is 1.24. The van der Waals surface area contributed by atoms with E-state index in [1.165, 1.54) is 0 Å². The molecule has 0 fully saturated rings. The quantitative estimate of drug-likeness (QED) is 0.729. The van der Waals surface area contributed by atoms with Crippen molar-refractivity contribution in [1.29, 1.82) is 0 Å². The molecule has 0 saturated carbocycles. The number of carbonyl (C=O) groups excluding carboxylic acids is 1. The van der Waals surface area contributed by atoms with E-state index in [9.17, 15) is 9.00 Å². The molecule has 15 heavy (non-hydrogen) atoms. The number of rotatable bonds is 5. The van der Waals surface area contributed by atoms with Gasteiger partial charge >= 0.3 is 5.97 Å². The van der Waals surface area contributed by atoms with Gasteiger partial charge in [0, 0.05) is 5.75 Å². The maximum absolute atomic E-state index is 11.6. The number of carbonyl (C=O) groups is 1. The molecule has 0 saturated heterocycles. The lowest BCUT2D eigenvalue weighted by Gasteiger charge is -2.28. The van der Waals surface area contributed by atoms with Crippen LogP contribution in [0.3, 0.4) is 0 Å². The van der Waals surface area contributed by atoms with Crippen LogP contribution in [0.2, 0.25) is 0 Å². The second-order valence-electron chi connectivity index (χ2n) is 4.30. The molecular weight excluding hydrogens is 214 g/mol. The van der Waals surface area contributed by atoms with Crippen LogP contribution in [0, 0.1) is 5.41 Å². The van der Waals surface area contributed by atoms with Crippen LogP contribution in [0.25, 0.3) is 0 Å². The van der Waals surface area contributed by atoms with Gasteiger partial charge in [-0.25, -0.2) is 8.93 Å². The van der Waals surface area contributed by atoms with Crippen LogP contribution in [-0.4, -0.2) is 28.6 Å². The Bertz CT molecular complexity index is 235. The van der Waals surface area contributed by atoms with E-state index < -0.39 is 17.0 Å². The van der Waals surface area contributed by atoms with Gasteiger partial charge in [-0.05, 0) is 12.3 Å². The van der Waals surface area contributed by atoms with E-state index in [0.29, 0.717) is 12.4 Å².